The van der Waals surface area contributed by atoms with Gasteiger partial charge in [-0.15, -0.1) is 0 Å². The molecule has 0 bridgehead atoms. The maximum Gasteiger partial charge on any atom is 0.238 e. The lowest BCUT2D eigenvalue weighted by molar-refractivity contribution is 0.0969. The number of aromatic amines is 1. The largest absolute Gasteiger partial charge is 0.338 e. The number of ketones is 1. The van der Waals surface area contributed by atoms with Crippen LogP contribution in [0.3, 0.4) is 0 Å². The van der Waals surface area contributed by atoms with Gasteiger partial charge < -0.3 is 9.51 Å². The van der Waals surface area contributed by atoms with Crippen molar-refractivity contribution in [2.45, 2.75) is 58.9 Å². The van der Waals surface area contributed by atoms with E-state index in [1.807, 2.05) is 43.8 Å². The summed E-state index contributed by atoms with van der Waals surface area (Å²) in [6.45, 7) is 8.69. The number of nitrogens with one attached hydrogen (secondary N) is 1. The highest BCUT2D eigenvalue weighted by Crippen LogP contribution is 2.30. The quantitative estimate of drug-likeness (QED) is 0.278. The van der Waals surface area contributed by atoms with Gasteiger partial charge in [0, 0.05) is 36.3 Å². The van der Waals surface area contributed by atoms with Crippen molar-refractivity contribution < 1.29 is 13.7 Å². The number of aromatic nitrogens is 7. The van der Waals surface area contributed by atoms with E-state index in [1.165, 1.54) is 6.07 Å². The number of pyridine rings is 1. The third kappa shape index (κ3) is 5.04. The molecule has 190 valence electrons. The Labute approximate surface area is 213 Å². The number of aryl methyl sites for hydroxylation is 2. The lowest BCUT2D eigenvalue weighted by Gasteiger charge is -2.10. The minimum absolute atomic E-state index is 0.0245. The number of halogens is 1. The predicted octanol–water partition coefficient (Wildman–Crippen LogP) is 5.53. The van der Waals surface area contributed by atoms with Crippen molar-refractivity contribution in [3.05, 3.63) is 66.0 Å². The summed E-state index contributed by atoms with van der Waals surface area (Å²) in [5.74, 6) is 0.400. The van der Waals surface area contributed by atoms with E-state index in [2.05, 4.69) is 37.1 Å². The van der Waals surface area contributed by atoms with Crippen LogP contribution in [-0.2, 0) is 18.4 Å². The van der Waals surface area contributed by atoms with Gasteiger partial charge in [0.2, 0.25) is 17.5 Å². The molecule has 4 aromatic heterocycles. The van der Waals surface area contributed by atoms with Crippen LogP contribution in [0, 0.1) is 5.82 Å². The molecule has 0 saturated carbocycles. The molecule has 0 atom stereocenters. The van der Waals surface area contributed by atoms with E-state index in [0.717, 1.165) is 29.6 Å². The number of hydrogen-bond acceptors (Lipinski definition) is 7. The van der Waals surface area contributed by atoms with Gasteiger partial charge in [0.05, 0.1) is 17.3 Å². The summed E-state index contributed by atoms with van der Waals surface area (Å²) >= 11 is 0. The Morgan fingerprint density at radius 3 is 2.73 bits per heavy atom. The molecule has 4 heterocycles. The third-order valence-electron chi connectivity index (χ3n) is 6.05. The first-order valence-corrected chi connectivity index (χ1v) is 12.3. The van der Waals surface area contributed by atoms with Crippen LogP contribution in [0.4, 0.5) is 4.39 Å². The maximum atomic E-state index is 15.1. The normalized spacial score (nSPS) is 11.9. The minimum Gasteiger partial charge on any atom is -0.338 e. The van der Waals surface area contributed by atoms with Crippen molar-refractivity contribution in [3.8, 4) is 22.5 Å². The maximum absolute atomic E-state index is 15.1. The van der Waals surface area contributed by atoms with Crippen molar-refractivity contribution in [2.24, 2.45) is 0 Å². The summed E-state index contributed by atoms with van der Waals surface area (Å²) in [6.07, 6.45) is 6.65. The fraction of sp³-hybridized carbons (Fsp3) is 0.333. The Hall–Kier alpha value is -4.21. The van der Waals surface area contributed by atoms with Gasteiger partial charge in [-0.3, -0.25) is 9.48 Å². The summed E-state index contributed by atoms with van der Waals surface area (Å²) in [5, 5.41) is 8.15. The monoisotopic (exact) mass is 501 g/mol. The van der Waals surface area contributed by atoms with Crippen molar-refractivity contribution in [1.82, 2.24) is 34.9 Å². The molecule has 10 heteroatoms. The molecule has 1 aromatic carbocycles. The minimum atomic E-state index is -0.390. The molecule has 1 N–H and O–H groups in total. The lowest BCUT2D eigenvalue weighted by Crippen LogP contribution is -2.12. The van der Waals surface area contributed by atoms with E-state index >= 15 is 4.39 Å². The van der Waals surface area contributed by atoms with Gasteiger partial charge in [-0.1, -0.05) is 45.0 Å². The molecule has 9 nitrogen and oxygen atoms in total. The first-order chi connectivity index (χ1) is 17.7. The molecule has 0 amide bonds. The molecule has 37 heavy (non-hydrogen) atoms. The van der Waals surface area contributed by atoms with Crippen LogP contribution in [0.15, 0.2) is 47.4 Å². The number of nitrogens with zero attached hydrogens (tertiary/aromatic N) is 6. The average Bonchev–Trinajstić information content (AvgIpc) is 3.62. The predicted molar refractivity (Wildman–Crippen MR) is 136 cm³/mol. The highest BCUT2D eigenvalue weighted by molar-refractivity contribution is 5.93. The standard InChI is InChI=1S/C27H28FN7O2/c1-5-12-35-15-18(14-30-35)23-31-22-19(10-11-29-25(22)32-23)17-7-6-16(20(28)13-17)8-9-21(36)24-33-26(37-34-24)27(2,3)4/h6-7,10-11,13-15H,5,8-9,12H2,1-4H3,(H,29,31,32). The second-order valence-corrected chi connectivity index (χ2v) is 10.0. The summed E-state index contributed by atoms with van der Waals surface area (Å²) in [4.78, 5) is 29.0. The number of imidazole rings is 1. The van der Waals surface area contributed by atoms with Crippen molar-refractivity contribution in [3.63, 3.8) is 0 Å². The highest BCUT2D eigenvalue weighted by atomic mass is 19.1. The summed E-state index contributed by atoms with van der Waals surface area (Å²) in [5.41, 5.74) is 3.68. The van der Waals surface area contributed by atoms with Gasteiger partial charge in [-0.2, -0.15) is 10.1 Å². The first-order valence-electron chi connectivity index (χ1n) is 12.3. The molecular weight excluding hydrogens is 473 g/mol. The van der Waals surface area contributed by atoms with E-state index in [4.69, 9.17) is 4.52 Å². The smallest absolute Gasteiger partial charge is 0.238 e. The van der Waals surface area contributed by atoms with Crippen molar-refractivity contribution in [2.75, 3.05) is 0 Å². The lowest BCUT2D eigenvalue weighted by atomic mass is 9.97. The van der Waals surface area contributed by atoms with Gasteiger partial charge in [-0.05, 0) is 36.1 Å². The molecule has 5 aromatic rings. The zero-order valence-electron chi connectivity index (χ0n) is 21.2. The molecular formula is C27H28FN7O2. The number of H-pyrrole nitrogens is 1. The van der Waals surface area contributed by atoms with Crippen LogP contribution in [-0.4, -0.2) is 40.7 Å². The second-order valence-electron chi connectivity index (χ2n) is 10.0. The fourth-order valence-electron chi connectivity index (χ4n) is 4.04. The van der Waals surface area contributed by atoms with Crippen LogP contribution in [0.25, 0.3) is 33.7 Å². The van der Waals surface area contributed by atoms with Gasteiger partial charge in [-0.25, -0.2) is 14.4 Å². The van der Waals surface area contributed by atoms with Crippen molar-refractivity contribution >= 4 is 16.9 Å². The van der Waals surface area contributed by atoms with Gasteiger partial charge in [0.25, 0.3) is 0 Å². The van der Waals surface area contributed by atoms with Crippen LogP contribution in [0.5, 0.6) is 0 Å². The molecule has 0 radical (unpaired) electrons. The van der Waals surface area contributed by atoms with E-state index in [9.17, 15) is 4.79 Å². The van der Waals surface area contributed by atoms with E-state index in [1.54, 1.807) is 18.5 Å². The van der Waals surface area contributed by atoms with Crippen LogP contribution in [0.1, 0.15) is 62.6 Å². The molecule has 5 rings (SSSR count). The Bertz CT molecular complexity index is 1580. The Morgan fingerprint density at radius 2 is 2.00 bits per heavy atom. The molecule has 0 aliphatic heterocycles. The number of carbonyl (C=O) groups is 1. The highest BCUT2D eigenvalue weighted by Gasteiger charge is 2.24. The summed E-state index contributed by atoms with van der Waals surface area (Å²) in [6, 6.07) is 6.84. The third-order valence-corrected chi connectivity index (χ3v) is 6.05. The number of Topliss-reactive ketones (excluding diaryl/α,β-unsaturated/α-hetero) is 1. The molecule has 0 unspecified atom stereocenters. The van der Waals surface area contributed by atoms with Gasteiger partial charge in [0.15, 0.2) is 5.65 Å². The van der Waals surface area contributed by atoms with Crippen LogP contribution in [0.2, 0.25) is 0 Å². The van der Waals surface area contributed by atoms with Crippen molar-refractivity contribution in [1.29, 1.82) is 0 Å². The Morgan fingerprint density at radius 1 is 1.16 bits per heavy atom. The number of hydrogen-bond donors (Lipinski definition) is 1. The van der Waals surface area contributed by atoms with E-state index in [0.29, 0.717) is 28.5 Å². The molecule has 0 fully saturated rings. The van der Waals surface area contributed by atoms with E-state index < -0.39 is 0 Å². The van der Waals surface area contributed by atoms with Crippen LogP contribution >= 0.6 is 0 Å². The molecule has 0 saturated heterocycles. The van der Waals surface area contributed by atoms with E-state index in [-0.39, 0.29) is 35.7 Å². The first kappa shape index (κ1) is 24.5. The van der Waals surface area contributed by atoms with Gasteiger partial charge >= 0.3 is 0 Å². The molecule has 0 spiro atoms. The van der Waals surface area contributed by atoms with Gasteiger partial charge in [0.1, 0.15) is 11.6 Å². The summed E-state index contributed by atoms with van der Waals surface area (Å²) < 4.78 is 22.1. The fourth-order valence-corrected chi connectivity index (χ4v) is 4.04. The number of benzene rings is 1. The topological polar surface area (TPSA) is 115 Å². The Kier molecular flexibility index (Phi) is 6.41. The number of fused-ring (bicyclic) bond motifs is 1. The summed E-state index contributed by atoms with van der Waals surface area (Å²) in [7, 11) is 0. The number of rotatable bonds is 8. The van der Waals surface area contributed by atoms with Crippen LogP contribution < -0.4 is 0 Å². The SMILES string of the molecule is CCCn1cc(-c2nc3nccc(-c4ccc(CCC(=O)c5noc(C(C)(C)C)n5)c(F)c4)c3[nH]2)cn1. The second kappa shape index (κ2) is 9.68. The molecule has 0 aliphatic carbocycles. The molecule has 0 aliphatic rings. The zero-order chi connectivity index (χ0) is 26.2. The Balaban J connectivity index is 1.35. The average molecular weight is 502 g/mol. The number of carbonyl (C=O) groups excluding carboxylic acids is 1. The zero-order valence-corrected chi connectivity index (χ0v) is 21.2.